The molecule has 0 aliphatic rings. The number of amides is 2. The lowest BCUT2D eigenvalue weighted by Crippen LogP contribution is -2.36. The van der Waals surface area contributed by atoms with Crippen LogP contribution in [0.25, 0.3) is 0 Å². The zero-order valence-electron chi connectivity index (χ0n) is 15.4. The van der Waals surface area contributed by atoms with Gasteiger partial charge in [0.25, 0.3) is 0 Å². The van der Waals surface area contributed by atoms with Gasteiger partial charge in [-0.15, -0.1) is 0 Å². The minimum absolute atomic E-state index is 0.282. The van der Waals surface area contributed by atoms with Gasteiger partial charge in [0.1, 0.15) is 5.75 Å². The van der Waals surface area contributed by atoms with Crippen molar-refractivity contribution in [2.75, 3.05) is 19.0 Å². The summed E-state index contributed by atoms with van der Waals surface area (Å²) >= 11 is 0. The molecule has 0 radical (unpaired) electrons. The zero-order valence-corrected chi connectivity index (χ0v) is 15.4. The first-order chi connectivity index (χ1) is 12.9. The predicted molar refractivity (Wildman–Crippen MR) is 101 cm³/mol. The van der Waals surface area contributed by atoms with E-state index in [4.69, 9.17) is 9.47 Å². The molecule has 27 heavy (non-hydrogen) atoms. The molecular formula is C20H22N2O5. The van der Waals surface area contributed by atoms with Crippen LogP contribution < -0.4 is 15.4 Å². The summed E-state index contributed by atoms with van der Waals surface area (Å²) in [6, 6.07) is 12.9. The average Bonchev–Trinajstić information content (AvgIpc) is 2.68. The highest BCUT2D eigenvalue weighted by atomic mass is 16.5. The van der Waals surface area contributed by atoms with E-state index in [-0.39, 0.29) is 12.6 Å². The summed E-state index contributed by atoms with van der Waals surface area (Å²) in [4.78, 5) is 35.8. The summed E-state index contributed by atoms with van der Waals surface area (Å²) in [6.45, 7) is 3.78. The summed E-state index contributed by atoms with van der Waals surface area (Å²) in [6.07, 6.45) is 0. The molecule has 0 aliphatic carbocycles. The lowest BCUT2D eigenvalue weighted by atomic mass is 10.1. The Hall–Kier alpha value is -3.35. The Labute approximate surface area is 157 Å². The van der Waals surface area contributed by atoms with E-state index in [1.165, 1.54) is 24.3 Å². The maximum absolute atomic E-state index is 12.1. The first-order valence-corrected chi connectivity index (χ1v) is 8.47. The molecule has 2 aromatic rings. The molecule has 0 saturated heterocycles. The van der Waals surface area contributed by atoms with Crippen molar-refractivity contribution in [3.05, 3.63) is 59.7 Å². The van der Waals surface area contributed by atoms with Gasteiger partial charge in [-0.05, 0) is 55.8 Å². The topological polar surface area (TPSA) is 93.7 Å². The molecule has 0 bridgehead atoms. The number of anilines is 1. The van der Waals surface area contributed by atoms with Crippen LogP contribution in [0.5, 0.6) is 5.75 Å². The van der Waals surface area contributed by atoms with Gasteiger partial charge in [-0.1, -0.05) is 12.1 Å². The second kappa shape index (κ2) is 9.38. The largest absolute Gasteiger partial charge is 0.497 e. The van der Waals surface area contributed by atoms with Gasteiger partial charge in [-0.3, -0.25) is 9.59 Å². The summed E-state index contributed by atoms with van der Waals surface area (Å²) in [7, 11) is 1.57. The zero-order chi connectivity index (χ0) is 19.8. The highest BCUT2D eigenvalue weighted by Crippen LogP contribution is 2.17. The van der Waals surface area contributed by atoms with E-state index in [2.05, 4.69) is 10.6 Å². The molecule has 0 aliphatic heterocycles. The number of carbonyl (C=O) groups is 3. The van der Waals surface area contributed by atoms with Crippen LogP contribution in [0.3, 0.4) is 0 Å². The number of hydrogen-bond acceptors (Lipinski definition) is 5. The van der Waals surface area contributed by atoms with E-state index in [1.54, 1.807) is 33.1 Å². The molecule has 142 valence electrons. The Balaban J connectivity index is 1.92. The second-order valence-electron chi connectivity index (χ2n) is 5.72. The third kappa shape index (κ3) is 5.57. The monoisotopic (exact) mass is 370 g/mol. The van der Waals surface area contributed by atoms with Gasteiger partial charge >= 0.3 is 17.8 Å². The Morgan fingerprint density at radius 3 is 2.15 bits per heavy atom. The average molecular weight is 370 g/mol. The smallest absolute Gasteiger partial charge is 0.338 e. The summed E-state index contributed by atoms with van der Waals surface area (Å²) in [5, 5.41) is 5.13. The van der Waals surface area contributed by atoms with Crippen LogP contribution in [0, 0.1) is 0 Å². The first-order valence-electron chi connectivity index (χ1n) is 8.47. The molecule has 0 fully saturated rings. The van der Waals surface area contributed by atoms with Crippen molar-refractivity contribution in [1.29, 1.82) is 0 Å². The predicted octanol–water partition coefficient (Wildman–Crippen LogP) is 2.69. The van der Waals surface area contributed by atoms with Crippen LogP contribution in [0.1, 0.15) is 35.8 Å². The van der Waals surface area contributed by atoms with E-state index >= 15 is 0 Å². The number of benzene rings is 2. The number of esters is 1. The van der Waals surface area contributed by atoms with Gasteiger partial charge in [0, 0.05) is 5.69 Å². The van der Waals surface area contributed by atoms with E-state index in [0.717, 1.165) is 5.56 Å². The fourth-order valence-electron chi connectivity index (χ4n) is 2.33. The van der Waals surface area contributed by atoms with Crippen molar-refractivity contribution in [2.45, 2.75) is 19.9 Å². The quantitative estimate of drug-likeness (QED) is 0.602. The molecule has 0 spiro atoms. The lowest BCUT2D eigenvalue weighted by molar-refractivity contribution is -0.136. The second-order valence-corrected chi connectivity index (χ2v) is 5.72. The Bertz CT molecular complexity index is 800. The summed E-state index contributed by atoms with van der Waals surface area (Å²) in [5.41, 5.74) is 1.61. The maximum atomic E-state index is 12.1. The minimum Gasteiger partial charge on any atom is -0.497 e. The Morgan fingerprint density at radius 1 is 0.963 bits per heavy atom. The van der Waals surface area contributed by atoms with E-state index < -0.39 is 17.8 Å². The Kier molecular flexibility index (Phi) is 6.93. The van der Waals surface area contributed by atoms with Crippen molar-refractivity contribution in [3.8, 4) is 5.75 Å². The van der Waals surface area contributed by atoms with Crippen molar-refractivity contribution in [3.63, 3.8) is 0 Å². The van der Waals surface area contributed by atoms with E-state index in [1.807, 2.05) is 12.1 Å². The summed E-state index contributed by atoms with van der Waals surface area (Å²) < 4.78 is 9.98. The fourth-order valence-corrected chi connectivity index (χ4v) is 2.33. The van der Waals surface area contributed by atoms with Crippen molar-refractivity contribution in [1.82, 2.24) is 5.32 Å². The van der Waals surface area contributed by atoms with Gasteiger partial charge in [0.2, 0.25) is 0 Å². The number of ether oxygens (including phenoxy) is 2. The molecule has 0 aromatic heterocycles. The highest BCUT2D eigenvalue weighted by molar-refractivity contribution is 6.39. The van der Waals surface area contributed by atoms with E-state index in [0.29, 0.717) is 17.0 Å². The van der Waals surface area contributed by atoms with Crippen molar-refractivity contribution in [2.24, 2.45) is 0 Å². The molecule has 2 amide bonds. The third-order valence-electron chi connectivity index (χ3n) is 3.82. The molecule has 2 N–H and O–H groups in total. The van der Waals surface area contributed by atoms with Crippen LogP contribution in [0.15, 0.2) is 48.5 Å². The summed E-state index contributed by atoms with van der Waals surface area (Å²) in [5.74, 6) is -1.28. The number of rotatable bonds is 6. The van der Waals surface area contributed by atoms with Crippen molar-refractivity contribution < 1.29 is 23.9 Å². The number of carbonyl (C=O) groups excluding carboxylic acids is 3. The van der Waals surface area contributed by atoms with Crippen LogP contribution in [0.2, 0.25) is 0 Å². The molecular weight excluding hydrogens is 348 g/mol. The molecule has 2 rings (SSSR count). The molecule has 1 atom stereocenters. The molecule has 0 saturated carbocycles. The van der Waals surface area contributed by atoms with Crippen LogP contribution in [-0.2, 0) is 14.3 Å². The maximum Gasteiger partial charge on any atom is 0.338 e. The Morgan fingerprint density at radius 2 is 1.59 bits per heavy atom. The van der Waals surface area contributed by atoms with Crippen LogP contribution >= 0.6 is 0 Å². The van der Waals surface area contributed by atoms with Crippen LogP contribution in [-0.4, -0.2) is 31.5 Å². The SMILES string of the molecule is CCOC(=O)c1ccc(NC(=O)C(=O)NC(C)c2ccc(OC)cc2)cc1. The highest BCUT2D eigenvalue weighted by Gasteiger charge is 2.17. The van der Waals surface area contributed by atoms with E-state index in [9.17, 15) is 14.4 Å². The molecule has 7 nitrogen and oxygen atoms in total. The van der Waals surface area contributed by atoms with Crippen LogP contribution in [0.4, 0.5) is 5.69 Å². The van der Waals surface area contributed by atoms with Gasteiger partial charge in [-0.2, -0.15) is 0 Å². The number of hydrogen-bond donors (Lipinski definition) is 2. The minimum atomic E-state index is -0.792. The molecule has 1 unspecified atom stereocenters. The molecule has 2 aromatic carbocycles. The van der Waals surface area contributed by atoms with Gasteiger partial charge in [0.15, 0.2) is 0 Å². The standard InChI is InChI=1S/C20H22N2O5/c1-4-27-20(25)15-5-9-16(10-6-15)22-19(24)18(23)21-13(2)14-7-11-17(26-3)12-8-14/h5-13H,4H2,1-3H3,(H,21,23)(H,22,24). The van der Waals surface area contributed by atoms with Gasteiger partial charge in [0.05, 0.1) is 25.3 Å². The van der Waals surface area contributed by atoms with Gasteiger partial charge < -0.3 is 20.1 Å². The van der Waals surface area contributed by atoms with Crippen molar-refractivity contribution >= 4 is 23.5 Å². The lowest BCUT2D eigenvalue weighted by Gasteiger charge is -2.14. The van der Waals surface area contributed by atoms with Gasteiger partial charge in [-0.25, -0.2) is 4.79 Å². The number of methoxy groups -OCH3 is 1. The third-order valence-corrected chi connectivity index (χ3v) is 3.82. The molecule has 0 heterocycles. The normalized spacial score (nSPS) is 11.2. The molecule has 7 heteroatoms. The first kappa shape index (κ1) is 20.0. The fraction of sp³-hybridized carbons (Fsp3) is 0.250. The number of nitrogens with one attached hydrogen (secondary N) is 2.